The third-order valence-electron chi connectivity index (χ3n) is 3.90. The summed E-state index contributed by atoms with van der Waals surface area (Å²) in [7, 11) is 1.62. The molecule has 1 aromatic carbocycles. The SMILES string of the molecule is CCC(CO)(CNC(=O)OC(C)(C)C)Cc1cc(Br)ccc1OC. The number of amides is 1. The van der Waals surface area contributed by atoms with Gasteiger partial charge in [-0.1, -0.05) is 22.9 Å². The maximum Gasteiger partial charge on any atom is 0.407 e. The van der Waals surface area contributed by atoms with Crippen LogP contribution in [0.2, 0.25) is 0 Å². The second-order valence-corrected chi connectivity index (χ2v) is 7.92. The standard InChI is InChI=1S/C18H28BrNO4/c1-6-18(12-21,11-20-16(22)24-17(2,3)4)10-13-9-14(19)7-8-15(13)23-5/h7-9,21H,6,10-12H2,1-5H3,(H,20,22). The molecule has 0 aromatic heterocycles. The summed E-state index contributed by atoms with van der Waals surface area (Å²) in [5, 5.41) is 12.8. The summed E-state index contributed by atoms with van der Waals surface area (Å²) >= 11 is 3.46. The predicted molar refractivity (Wildman–Crippen MR) is 98.4 cm³/mol. The number of ether oxygens (including phenoxy) is 2. The summed E-state index contributed by atoms with van der Waals surface area (Å²) in [4.78, 5) is 11.9. The van der Waals surface area contributed by atoms with Crippen LogP contribution in [-0.2, 0) is 11.2 Å². The number of carbonyl (C=O) groups is 1. The molecule has 0 fully saturated rings. The van der Waals surface area contributed by atoms with Gasteiger partial charge < -0.3 is 19.9 Å². The molecule has 0 aliphatic carbocycles. The molecule has 24 heavy (non-hydrogen) atoms. The van der Waals surface area contributed by atoms with Gasteiger partial charge in [0.2, 0.25) is 0 Å². The van der Waals surface area contributed by atoms with Gasteiger partial charge in [-0.25, -0.2) is 4.79 Å². The van der Waals surface area contributed by atoms with E-state index in [1.54, 1.807) is 7.11 Å². The van der Waals surface area contributed by atoms with Crippen LogP contribution in [-0.4, -0.2) is 37.1 Å². The molecular formula is C18H28BrNO4. The number of alkyl carbamates (subject to hydrolysis) is 1. The van der Waals surface area contributed by atoms with Crippen molar-refractivity contribution in [3.8, 4) is 5.75 Å². The fourth-order valence-electron chi connectivity index (χ4n) is 2.40. The lowest BCUT2D eigenvalue weighted by Gasteiger charge is -2.32. The smallest absolute Gasteiger partial charge is 0.407 e. The van der Waals surface area contributed by atoms with Gasteiger partial charge in [0.25, 0.3) is 0 Å². The van der Waals surface area contributed by atoms with Crippen LogP contribution in [0.4, 0.5) is 4.79 Å². The first kappa shape index (κ1) is 20.8. The molecule has 1 amide bonds. The van der Waals surface area contributed by atoms with Crippen molar-refractivity contribution in [1.82, 2.24) is 5.32 Å². The number of halogens is 1. The molecule has 0 saturated heterocycles. The van der Waals surface area contributed by atoms with Crippen molar-refractivity contribution < 1.29 is 19.4 Å². The van der Waals surface area contributed by atoms with Gasteiger partial charge in [0.05, 0.1) is 13.7 Å². The van der Waals surface area contributed by atoms with E-state index in [-0.39, 0.29) is 6.61 Å². The van der Waals surface area contributed by atoms with Gasteiger partial charge in [-0.15, -0.1) is 0 Å². The number of rotatable bonds is 7. The molecule has 0 saturated carbocycles. The molecule has 0 aliphatic heterocycles. The zero-order valence-electron chi connectivity index (χ0n) is 15.1. The summed E-state index contributed by atoms with van der Waals surface area (Å²) in [5.41, 5.74) is -0.0507. The Hall–Kier alpha value is -1.27. The molecule has 0 bridgehead atoms. The monoisotopic (exact) mass is 401 g/mol. The lowest BCUT2D eigenvalue weighted by molar-refractivity contribution is 0.0461. The lowest BCUT2D eigenvalue weighted by Crippen LogP contribution is -2.43. The minimum Gasteiger partial charge on any atom is -0.496 e. The number of aliphatic hydroxyl groups is 1. The summed E-state index contributed by atoms with van der Waals surface area (Å²) < 4.78 is 11.6. The van der Waals surface area contributed by atoms with Gasteiger partial charge in [-0.2, -0.15) is 0 Å². The molecule has 6 heteroatoms. The molecule has 0 aliphatic rings. The first-order chi connectivity index (χ1) is 11.1. The van der Waals surface area contributed by atoms with Crippen LogP contribution in [0.5, 0.6) is 5.75 Å². The van der Waals surface area contributed by atoms with E-state index in [9.17, 15) is 9.90 Å². The van der Waals surface area contributed by atoms with Crippen LogP contribution < -0.4 is 10.1 Å². The largest absolute Gasteiger partial charge is 0.496 e. The molecule has 5 nitrogen and oxygen atoms in total. The molecule has 1 unspecified atom stereocenters. The van der Waals surface area contributed by atoms with Gasteiger partial charge in [0.15, 0.2) is 0 Å². The van der Waals surface area contributed by atoms with Crippen molar-refractivity contribution in [2.45, 2.75) is 46.1 Å². The minimum atomic E-state index is -0.550. The van der Waals surface area contributed by atoms with E-state index < -0.39 is 17.1 Å². The normalized spacial score (nSPS) is 14.0. The van der Waals surface area contributed by atoms with E-state index in [1.807, 2.05) is 45.9 Å². The molecule has 2 N–H and O–H groups in total. The van der Waals surface area contributed by atoms with E-state index in [1.165, 1.54) is 0 Å². The summed E-state index contributed by atoms with van der Waals surface area (Å²) in [6.07, 6.45) is 0.808. The molecule has 0 heterocycles. The van der Waals surface area contributed by atoms with E-state index in [0.717, 1.165) is 15.8 Å². The van der Waals surface area contributed by atoms with E-state index in [2.05, 4.69) is 21.2 Å². The number of benzene rings is 1. The highest BCUT2D eigenvalue weighted by Crippen LogP contribution is 2.32. The maximum atomic E-state index is 11.9. The van der Waals surface area contributed by atoms with Gasteiger partial charge >= 0.3 is 6.09 Å². The van der Waals surface area contributed by atoms with Crippen LogP contribution in [0.1, 0.15) is 39.7 Å². The van der Waals surface area contributed by atoms with Crippen LogP contribution in [0, 0.1) is 5.41 Å². The van der Waals surface area contributed by atoms with Crippen molar-refractivity contribution in [2.75, 3.05) is 20.3 Å². The fraction of sp³-hybridized carbons (Fsp3) is 0.611. The number of aliphatic hydroxyl groups excluding tert-OH is 1. The van der Waals surface area contributed by atoms with Crippen molar-refractivity contribution in [2.24, 2.45) is 5.41 Å². The molecular weight excluding hydrogens is 374 g/mol. The Morgan fingerprint density at radius 2 is 2.00 bits per heavy atom. The summed E-state index contributed by atoms with van der Waals surface area (Å²) in [6, 6.07) is 5.78. The summed E-state index contributed by atoms with van der Waals surface area (Å²) in [5.74, 6) is 0.766. The molecule has 1 atom stereocenters. The van der Waals surface area contributed by atoms with Crippen LogP contribution in [0.3, 0.4) is 0 Å². The Morgan fingerprint density at radius 3 is 2.50 bits per heavy atom. The Labute approximate surface area is 152 Å². The highest BCUT2D eigenvalue weighted by Gasteiger charge is 2.30. The Bertz CT molecular complexity index is 550. The number of methoxy groups -OCH3 is 1. The number of hydrogen-bond acceptors (Lipinski definition) is 4. The van der Waals surface area contributed by atoms with Gasteiger partial charge in [-0.3, -0.25) is 0 Å². The Kier molecular flexibility index (Phi) is 7.55. The highest BCUT2D eigenvalue weighted by atomic mass is 79.9. The van der Waals surface area contributed by atoms with Crippen molar-refractivity contribution >= 4 is 22.0 Å². The van der Waals surface area contributed by atoms with Gasteiger partial charge in [0, 0.05) is 16.4 Å². The molecule has 0 spiro atoms. The van der Waals surface area contributed by atoms with Crippen LogP contribution in [0.25, 0.3) is 0 Å². The first-order valence-corrected chi connectivity index (χ1v) is 8.84. The van der Waals surface area contributed by atoms with Gasteiger partial charge in [0.1, 0.15) is 11.4 Å². The Balaban J connectivity index is 2.89. The fourth-order valence-corrected chi connectivity index (χ4v) is 2.81. The second kappa shape index (κ2) is 8.72. The van der Waals surface area contributed by atoms with Crippen molar-refractivity contribution in [3.05, 3.63) is 28.2 Å². The lowest BCUT2D eigenvalue weighted by atomic mass is 9.79. The Morgan fingerprint density at radius 1 is 1.33 bits per heavy atom. The van der Waals surface area contributed by atoms with Crippen LogP contribution >= 0.6 is 15.9 Å². The third-order valence-corrected chi connectivity index (χ3v) is 4.39. The number of hydrogen-bond donors (Lipinski definition) is 2. The zero-order valence-corrected chi connectivity index (χ0v) is 16.7. The van der Waals surface area contributed by atoms with Crippen molar-refractivity contribution in [1.29, 1.82) is 0 Å². The quantitative estimate of drug-likeness (QED) is 0.726. The highest BCUT2D eigenvalue weighted by molar-refractivity contribution is 9.10. The minimum absolute atomic E-state index is 0.0467. The van der Waals surface area contributed by atoms with E-state index >= 15 is 0 Å². The molecule has 136 valence electrons. The molecule has 1 aromatic rings. The van der Waals surface area contributed by atoms with Gasteiger partial charge in [-0.05, 0) is 57.4 Å². The molecule has 0 radical (unpaired) electrons. The van der Waals surface area contributed by atoms with E-state index in [4.69, 9.17) is 9.47 Å². The zero-order chi connectivity index (χ0) is 18.4. The topological polar surface area (TPSA) is 67.8 Å². The average Bonchev–Trinajstić information content (AvgIpc) is 2.50. The summed E-state index contributed by atoms with van der Waals surface area (Å²) in [6.45, 7) is 7.73. The third kappa shape index (κ3) is 6.32. The average molecular weight is 402 g/mol. The van der Waals surface area contributed by atoms with Crippen LogP contribution in [0.15, 0.2) is 22.7 Å². The van der Waals surface area contributed by atoms with E-state index in [0.29, 0.717) is 19.4 Å². The second-order valence-electron chi connectivity index (χ2n) is 7.00. The maximum absolute atomic E-state index is 11.9. The first-order valence-electron chi connectivity index (χ1n) is 8.05. The predicted octanol–water partition coefficient (Wildman–Crippen LogP) is 3.91. The number of nitrogens with one attached hydrogen (secondary N) is 1. The molecule has 1 rings (SSSR count). The van der Waals surface area contributed by atoms with Crippen molar-refractivity contribution in [3.63, 3.8) is 0 Å². The number of carbonyl (C=O) groups excluding carboxylic acids is 1.